The van der Waals surface area contributed by atoms with Crippen LogP contribution in [0.15, 0.2) is 0 Å². The summed E-state index contributed by atoms with van der Waals surface area (Å²) < 4.78 is 5.39. The summed E-state index contributed by atoms with van der Waals surface area (Å²) >= 11 is 0. The second-order valence-electron chi connectivity index (χ2n) is 5.79. The standard InChI is InChI=1S/C14H24N2O4/c1-10-9-16(7-8-20-10)14(19)15-12(13(17)18)11-5-3-2-4-6-11/h10-12H,2-9H2,1H3,(H,15,19)(H,17,18). The fourth-order valence-electron chi connectivity index (χ4n) is 3.08. The van der Waals surface area contributed by atoms with E-state index in [4.69, 9.17) is 4.74 Å². The molecule has 2 rings (SSSR count). The van der Waals surface area contributed by atoms with Crippen LogP contribution in [0.2, 0.25) is 0 Å². The molecule has 6 nitrogen and oxygen atoms in total. The van der Waals surface area contributed by atoms with Crippen LogP contribution in [0.5, 0.6) is 0 Å². The first-order chi connectivity index (χ1) is 9.58. The number of carbonyl (C=O) groups is 2. The van der Waals surface area contributed by atoms with Gasteiger partial charge in [0, 0.05) is 13.1 Å². The molecule has 1 saturated carbocycles. The summed E-state index contributed by atoms with van der Waals surface area (Å²) in [6.07, 6.45) is 5.05. The number of carboxylic acid groups (broad SMARTS) is 1. The molecule has 0 aromatic rings. The topological polar surface area (TPSA) is 78.9 Å². The Bertz CT molecular complexity index is 355. The number of aliphatic carboxylic acids is 1. The van der Waals surface area contributed by atoms with Crippen LogP contribution >= 0.6 is 0 Å². The molecule has 2 N–H and O–H groups in total. The third-order valence-electron chi connectivity index (χ3n) is 4.19. The van der Waals surface area contributed by atoms with Crippen LogP contribution in [0.25, 0.3) is 0 Å². The van der Waals surface area contributed by atoms with E-state index in [2.05, 4.69) is 5.32 Å². The van der Waals surface area contributed by atoms with Gasteiger partial charge < -0.3 is 20.1 Å². The first kappa shape index (κ1) is 15.1. The largest absolute Gasteiger partial charge is 0.480 e. The highest BCUT2D eigenvalue weighted by molar-refractivity contribution is 5.82. The molecule has 114 valence electrons. The van der Waals surface area contributed by atoms with E-state index in [0.717, 1.165) is 32.1 Å². The molecule has 2 fully saturated rings. The highest BCUT2D eigenvalue weighted by Crippen LogP contribution is 2.26. The van der Waals surface area contributed by atoms with Gasteiger partial charge >= 0.3 is 12.0 Å². The van der Waals surface area contributed by atoms with Crippen molar-refractivity contribution < 1.29 is 19.4 Å². The number of amides is 2. The van der Waals surface area contributed by atoms with Crippen molar-refractivity contribution in [2.45, 2.75) is 51.2 Å². The van der Waals surface area contributed by atoms with Gasteiger partial charge in [0.05, 0.1) is 12.7 Å². The molecule has 1 saturated heterocycles. The quantitative estimate of drug-likeness (QED) is 0.822. The van der Waals surface area contributed by atoms with E-state index in [0.29, 0.717) is 19.7 Å². The molecular weight excluding hydrogens is 260 g/mol. The summed E-state index contributed by atoms with van der Waals surface area (Å²) in [5.74, 6) is -0.866. The van der Waals surface area contributed by atoms with Crippen LogP contribution in [-0.4, -0.2) is 53.8 Å². The Balaban J connectivity index is 1.93. The Morgan fingerprint density at radius 1 is 1.30 bits per heavy atom. The van der Waals surface area contributed by atoms with Crippen LogP contribution in [0, 0.1) is 5.92 Å². The first-order valence-corrected chi connectivity index (χ1v) is 7.48. The van der Waals surface area contributed by atoms with Gasteiger partial charge in [0.1, 0.15) is 6.04 Å². The minimum absolute atomic E-state index is 0.00691. The van der Waals surface area contributed by atoms with E-state index in [1.54, 1.807) is 4.90 Å². The predicted molar refractivity (Wildman–Crippen MR) is 73.5 cm³/mol. The zero-order valence-corrected chi connectivity index (χ0v) is 12.0. The third kappa shape index (κ3) is 3.85. The summed E-state index contributed by atoms with van der Waals surface area (Å²) in [6.45, 7) is 3.46. The first-order valence-electron chi connectivity index (χ1n) is 7.48. The molecule has 1 aliphatic carbocycles. The molecule has 2 aliphatic rings. The molecule has 2 atom stereocenters. The molecule has 2 unspecified atom stereocenters. The fourth-order valence-corrected chi connectivity index (χ4v) is 3.08. The lowest BCUT2D eigenvalue weighted by molar-refractivity contribution is -0.141. The van der Waals surface area contributed by atoms with Gasteiger partial charge in [-0.25, -0.2) is 9.59 Å². The predicted octanol–water partition coefficient (Wildman–Crippen LogP) is 1.45. The number of morpholine rings is 1. The maximum atomic E-state index is 12.2. The van der Waals surface area contributed by atoms with Crippen molar-refractivity contribution >= 4 is 12.0 Å². The number of nitrogens with one attached hydrogen (secondary N) is 1. The Morgan fingerprint density at radius 3 is 2.60 bits per heavy atom. The SMILES string of the molecule is CC1CN(C(=O)NC(C(=O)O)C2CCCCC2)CCO1. The smallest absolute Gasteiger partial charge is 0.326 e. The molecule has 20 heavy (non-hydrogen) atoms. The number of hydrogen-bond acceptors (Lipinski definition) is 3. The van der Waals surface area contributed by atoms with Crippen LogP contribution in [-0.2, 0) is 9.53 Å². The summed E-state index contributed by atoms with van der Waals surface area (Å²) in [5.41, 5.74) is 0. The Hall–Kier alpha value is -1.30. The van der Waals surface area contributed by atoms with Gasteiger partial charge in [-0.05, 0) is 25.7 Å². The Kier molecular flexibility index (Phi) is 5.23. The Labute approximate surface area is 119 Å². The van der Waals surface area contributed by atoms with E-state index >= 15 is 0 Å². The highest BCUT2D eigenvalue weighted by atomic mass is 16.5. The van der Waals surface area contributed by atoms with E-state index < -0.39 is 12.0 Å². The molecule has 0 aromatic carbocycles. The maximum absolute atomic E-state index is 12.2. The molecule has 1 aliphatic heterocycles. The zero-order chi connectivity index (χ0) is 14.5. The summed E-state index contributed by atoms with van der Waals surface area (Å²) in [5, 5.41) is 12.1. The molecule has 0 radical (unpaired) electrons. The third-order valence-corrected chi connectivity index (χ3v) is 4.19. The zero-order valence-electron chi connectivity index (χ0n) is 12.0. The summed E-state index contributed by atoms with van der Waals surface area (Å²) in [6, 6.07) is -1.04. The van der Waals surface area contributed by atoms with Crippen molar-refractivity contribution in [3.8, 4) is 0 Å². The lowest BCUT2D eigenvalue weighted by Gasteiger charge is -2.34. The number of carbonyl (C=O) groups excluding carboxylic acids is 1. The number of ether oxygens (including phenoxy) is 1. The number of carboxylic acids is 1. The monoisotopic (exact) mass is 284 g/mol. The van der Waals surface area contributed by atoms with Crippen molar-refractivity contribution in [3.63, 3.8) is 0 Å². The van der Waals surface area contributed by atoms with Crippen LogP contribution in [0.4, 0.5) is 4.79 Å². The number of nitrogens with zero attached hydrogens (tertiary/aromatic N) is 1. The second-order valence-corrected chi connectivity index (χ2v) is 5.79. The van der Waals surface area contributed by atoms with Crippen LogP contribution in [0.3, 0.4) is 0 Å². The van der Waals surface area contributed by atoms with Crippen molar-refractivity contribution in [2.75, 3.05) is 19.7 Å². The number of rotatable bonds is 3. The van der Waals surface area contributed by atoms with Crippen molar-refractivity contribution in [1.82, 2.24) is 10.2 Å². The van der Waals surface area contributed by atoms with Gasteiger partial charge in [-0.3, -0.25) is 0 Å². The van der Waals surface area contributed by atoms with Crippen LogP contribution < -0.4 is 5.32 Å². The van der Waals surface area contributed by atoms with Gasteiger partial charge in [-0.1, -0.05) is 19.3 Å². The van der Waals surface area contributed by atoms with Gasteiger partial charge in [-0.15, -0.1) is 0 Å². The normalized spacial score (nSPS) is 26.1. The van der Waals surface area contributed by atoms with Crippen molar-refractivity contribution in [1.29, 1.82) is 0 Å². The maximum Gasteiger partial charge on any atom is 0.326 e. The van der Waals surface area contributed by atoms with E-state index in [1.165, 1.54) is 0 Å². The lowest BCUT2D eigenvalue weighted by atomic mass is 9.84. The van der Waals surface area contributed by atoms with Crippen LogP contribution in [0.1, 0.15) is 39.0 Å². The van der Waals surface area contributed by atoms with Gasteiger partial charge in [0.25, 0.3) is 0 Å². The average molecular weight is 284 g/mol. The minimum atomic E-state index is -0.924. The second kappa shape index (κ2) is 6.92. The van der Waals surface area contributed by atoms with Crippen molar-refractivity contribution in [2.24, 2.45) is 5.92 Å². The Morgan fingerprint density at radius 2 is 2.00 bits per heavy atom. The molecule has 0 spiro atoms. The highest BCUT2D eigenvalue weighted by Gasteiger charge is 2.32. The van der Waals surface area contributed by atoms with Gasteiger partial charge in [-0.2, -0.15) is 0 Å². The summed E-state index contributed by atoms with van der Waals surface area (Å²) in [4.78, 5) is 25.3. The molecular formula is C14H24N2O4. The molecule has 1 heterocycles. The van der Waals surface area contributed by atoms with Gasteiger partial charge in [0.15, 0.2) is 0 Å². The van der Waals surface area contributed by atoms with E-state index in [1.807, 2.05) is 6.92 Å². The van der Waals surface area contributed by atoms with E-state index in [9.17, 15) is 14.7 Å². The lowest BCUT2D eigenvalue weighted by Crippen LogP contribution is -2.54. The fraction of sp³-hybridized carbons (Fsp3) is 0.857. The van der Waals surface area contributed by atoms with E-state index in [-0.39, 0.29) is 18.1 Å². The minimum Gasteiger partial charge on any atom is -0.480 e. The van der Waals surface area contributed by atoms with Gasteiger partial charge in [0.2, 0.25) is 0 Å². The summed E-state index contributed by atoms with van der Waals surface area (Å²) in [7, 11) is 0. The number of hydrogen-bond donors (Lipinski definition) is 2. The number of urea groups is 1. The van der Waals surface area contributed by atoms with Crippen molar-refractivity contribution in [3.05, 3.63) is 0 Å². The molecule has 6 heteroatoms. The molecule has 2 amide bonds. The molecule has 0 aromatic heterocycles. The average Bonchev–Trinajstić information content (AvgIpc) is 2.45. The molecule has 0 bridgehead atoms.